The second-order valence-electron chi connectivity index (χ2n) is 4.13. The molecule has 0 spiro atoms. The van der Waals surface area contributed by atoms with Crippen molar-refractivity contribution >= 4 is 5.78 Å². The largest absolute Gasteiger partial charge is 0.293 e. The number of benzene rings is 2. The van der Waals surface area contributed by atoms with Gasteiger partial charge in [0.25, 0.3) is 0 Å². The summed E-state index contributed by atoms with van der Waals surface area (Å²) in [5, 5.41) is 0. The van der Waals surface area contributed by atoms with Gasteiger partial charge in [-0.25, -0.2) is 0 Å². The van der Waals surface area contributed by atoms with Gasteiger partial charge in [0.1, 0.15) is 0 Å². The summed E-state index contributed by atoms with van der Waals surface area (Å²) < 4.78 is 0. The van der Waals surface area contributed by atoms with Crippen LogP contribution in [-0.2, 0) is 0 Å². The molecule has 1 heteroatoms. The van der Waals surface area contributed by atoms with E-state index in [1.807, 2.05) is 61.5 Å². The summed E-state index contributed by atoms with van der Waals surface area (Å²) in [6.07, 6.45) is 0.262. The third-order valence-electron chi connectivity index (χ3n) is 2.63. The second kappa shape index (κ2) is 5.84. The smallest absolute Gasteiger partial charge is 0.174 e. The average molecular weight is 234 g/mol. The van der Waals surface area contributed by atoms with Crippen LogP contribution in [0.4, 0.5) is 0 Å². The monoisotopic (exact) mass is 234 g/mol. The van der Waals surface area contributed by atoms with Gasteiger partial charge >= 0.3 is 0 Å². The number of ketones is 1. The summed E-state index contributed by atoms with van der Waals surface area (Å²) in [6, 6.07) is 17.2. The van der Waals surface area contributed by atoms with Gasteiger partial charge < -0.3 is 0 Å². The number of hydrogen-bond donors (Lipinski definition) is 0. The van der Waals surface area contributed by atoms with Crippen molar-refractivity contribution in [2.45, 2.75) is 13.3 Å². The third kappa shape index (κ3) is 3.33. The van der Waals surface area contributed by atoms with Crippen LogP contribution in [0.25, 0.3) is 0 Å². The third-order valence-corrected chi connectivity index (χ3v) is 2.63. The van der Waals surface area contributed by atoms with E-state index >= 15 is 0 Å². The zero-order valence-electron chi connectivity index (χ0n) is 10.3. The van der Waals surface area contributed by atoms with Gasteiger partial charge in [-0.3, -0.25) is 4.79 Å². The summed E-state index contributed by atoms with van der Waals surface area (Å²) in [6.45, 7) is 2.04. The number of rotatable bonds is 2. The average Bonchev–Trinajstić information content (AvgIpc) is 2.42. The summed E-state index contributed by atoms with van der Waals surface area (Å²) in [4.78, 5) is 11.8. The lowest BCUT2D eigenvalue weighted by Gasteiger charge is -1.94. The Kier molecular flexibility index (Phi) is 3.94. The molecule has 1 nitrogen and oxygen atoms in total. The molecule has 0 radical (unpaired) electrons. The fraction of sp³-hybridized carbons (Fsp3) is 0.118. The number of Topliss-reactive ketones (excluding diaryl/α,β-unsaturated/α-hetero) is 1. The van der Waals surface area contributed by atoms with Gasteiger partial charge in [0.05, 0.1) is 6.42 Å². The van der Waals surface area contributed by atoms with Gasteiger partial charge in [-0.15, -0.1) is 0 Å². The van der Waals surface area contributed by atoms with Gasteiger partial charge in [-0.1, -0.05) is 59.9 Å². The Morgan fingerprint density at radius 3 is 2.33 bits per heavy atom. The van der Waals surface area contributed by atoms with Gasteiger partial charge in [0, 0.05) is 11.1 Å². The van der Waals surface area contributed by atoms with E-state index < -0.39 is 0 Å². The van der Waals surface area contributed by atoms with E-state index in [9.17, 15) is 4.79 Å². The Morgan fingerprint density at radius 1 is 1.00 bits per heavy atom. The molecule has 0 amide bonds. The van der Waals surface area contributed by atoms with Gasteiger partial charge in [-0.05, 0) is 19.1 Å². The molecule has 2 aromatic rings. The summed E-state index contributed by atoms with van der Waals surface area (Å²) >= 11 is 0. The van der Waals surface area contributed by atoms with E-state index in [-0.39, 0.29) is 12.2 Å². The molecular weight excluding hydrogens is 220 g/mol. The van der Waals surface area contributed by atoms with Crippen LogP contribution in [0, 0.1) is 18.8 Å². The minimum atomic E-state index is 0.0650. The van der Waals surface area contributed by atoms with Gasteiger partial charge in [0.15, 0.2) is 5.78 Å². The van der Waals surface area contributed by atoms with Crippen molar-refractivity contribution in [1.29, 1.82) is 0 Å². The summed E-state index contributed by atoms with van der Waals surface area (Å²) in [5.74, 6) is 5.99. The topological polar surface area (TPSA) is 17.1 Å². The first-order valence-electron chi connectivity index (χ1n) is 5.89. The molecule has 88 valence electrons. The van der Waals surface area contributed by atoms with Crippen molar-refractivity contribution in [1.82, 2.24) is 0 Å². The molecule has 0 unspecified atom stereocenters. The lowest BCUT2D eigenvalue weighted by Crippen LogP contribution is -1.96. The van der Waals surface area contributed by atoms with Gasteiger partial charge in [0.2, 0.25) is 0 Å². The van der Waals surface area contributed by atoms with E-state index in [1.54, 1.807) is 0 Å². The second-order valence-corrected chi connectivity index (χ2v) is 4.13. The normalized spacial score (nSPS) is 9.39. The molecule has 0 saturated heterocycles. The minimum absolute atomic E-state index is 0.0650. The predicted molar refractivity (Wildman–Crippen MR) is 73.4 cm³/mol. The van der Waals surface area contributed by atoms with E-state index in [2.05, 4.69) is 11.8 Å². The van der Waals surface area contributed by atoms with Gasteiger partial charge in [-0.2, -0.15) is 0 Å². The molecule has 0 heterocycles. The SMILES string of the molecule is Cc1ccc(C#CCC(=O)c2ccccc2)cc1. The summed E-state index contributed by atoms with van der Waals surface area (Å²) in [7, 11) is 0. The molecule has 0 atom stereocenters. The van der Waals surface area contributed by atoms with E-state index in [0.717, 1.165) is 11.1 Å². The molecule has 0 bridgehead atoms. The number of aryl methyl sites for hydroxylation is 1. The molecule has 2 rings (SSSR count). The fourth-order valence-corrected chi connectivity index (χ4v) is 1.59. The quantitative estimate of drug-likeness (QED) is 0.573. The summed E-state index contributed by atoms with van der Waals surface area (Å²) in [5.41, 5.74) is 2.87. The molecule has 18 heavy (non-hydrogen) atoms. The van der Waals surface area contributed by atoms with Crippen molar-refractivity contribution in [2.24, 2.45) is 0 Å². The zero-order chi connectivity index (χ0) is 12.8. The molecule has 0 aromatic heterocycles. The zero-order valence-corrected chi connectivity index (χ0v) is 10.3. The van der Waals surface area contributed by atoms with Crippen LogP contribution in [0.1, 0.15) is 27.9 Å². The lowest BCUT2D eigenvalue weighted by molar-refractivity contribution is 0.0998. The maximum atomic E-state index is 11.8. The fourth-order valence-electron chi connectivity index (χ4n) is 1.59. The molecule has 0 aliphatic carbocycles. The number of hydrogen-bond acceptors (Lipinski definition) is 1. The van der Waals surface area contributed by atoms with Crippen LogP contribution in [0.3, 0.4) is 0 Å². The Labute approximate surface area is 107 Å². The Hall–Kier alpha value is -2.33. The lowest BCUT2D eigenvalue weighted by atomic mass is 10.1. The van der Waals surface area contributed by atoms with Crippen molar-refractivity contribution in [3.05, 3.63) is 71.3 Å². The van der Waals surface area contributed by atoms with E-state index in [0.29, 0.717) is 0 Å². The molecule has 2 aromatic carbocycles. The first-order chi connectivity index (χ1) is 8.75. The van der Waals surface area contributed by atoms with Crippen molar-refractivity contribution < 1.29 is 4.79 Å². The Balaban J connectivity index is 2.00. The highest BCUT2D eigenvalue weighted by atomic mass is 16.1. The van der Waals surface area contributed by atoms with Crippen molar-refractivity contribution in [3.63, 3.8) is 0 Å². The minimum Gasteiger partial charge on any atom is -0.293 e. The molecule has 0 fully saturated rings. The Bertz CT molecular complexity index is 583. The first kappa shape index (κ1) is 12.1. The molecular formula is C17H14O. The van der Waals surface area contributed by atoms with Crippen molar-refractivity contribution in [3.8, 4) is 11.8 Å². The van der Waals surface area contributed by atoms with Crippen LogP contribution in [-0.4, -0.2) is 5.78 Å². The maximum Gasteiger partial charge on any atom is 0.174 e. The van der Waals surface area contributed by atoms with Crippen LogP contribution >= 0.6 is 0 Å². The van der Waals surface area contributed by atoms with Crippen molar-refractivity contribution in [2.75, 3.05) is 0 Å². The highest BCUT2D eigenvalue weighted by Crippen LogP contribution is 2.03. The Morgan fingerprint density at radius 2 is 1.67 bits per heavy atom. The maximum absolute atomic E-state index is 11.8. The van der Waals surface area contributed by atoms with Crippen LogP contribution in [0.2, 0.25) is 0 Å². The van der Waals surface area contributed by atoms with Crippen LogP contribution in [0.15, 0.2) is 54.6 Å². The molecule has 0 saturated carbocycles. The van der Waals surface area contributed by atoms with E-state index in [4.69, 9.17) is 0 Å². The molecule has 0 N–H and O–H groups in total. The molecule has 0 aliphatic rings. The number of carbonyl (C=O) groups excluding carboxylic acids is 1. The number of carbonyl (C=O) groups is 1. The van der Waals surface area contributed by atoms with E-state index in [1.165, 1.54) is 5.56 Å². The molecule has 0 aliphatic heterocycles. The highest BCUT2D eigenvalue weighted by molar-refractivity contribution is 5.97. The highest BCUT2D eigenvalue weighted by Gasteiger charge is 2.01. The van der Waals surface area contributed by atoms with Crippen LogP contribution < -0.4 is 0 Å². The standard InChI is InChI=1S/C17H14O/c1-14-10-12-15(13-11-14)6-5-9-17(18)16-7-3-2-4-8-16/h2-4,7-8,10-13H,9H2,1H3. The first-order valence-corrected chi connectivity index (χ1v) is 5.89. The van der Waals surface area contributed by atoms with Crippen LogP contribution in [0.5, 0.6) is 0 Å². The predicted octanol–water partition coefficient (Wildman–Crippen LogP) is 3.62.